The van der Waals surface area contributed by atoms with Crippen LogP contribution in [0.4, 0.5) is 0 Å². The average molecular weight is 2410 g/mol. The Morgan fingerprint density at radius 1 is 0.238 bits per heavy atom. The van der Waals surface area contributed by atoms with Gasteiger partial charge in [0.05, 0.1) is 26.4 Å². The van der Waals surface area contributed by atoms with E-state index < -0.39 is 427 Å². The number of nitrogens with two attached hydrogens (primary N) is 1. The standard InChI is InChI=1S/C53H89N5O77S12/c54-4-2-1-3-5-112-50-34(132-144(100,101)102)23(64)30(38(128-50)42(68)69)125-47-15(56-137(79,80)81)20(61)27(11(118-47)7-114-141(91,92)93)122-52-36(134-146(106,107)108)25(66)32(40(130-52)44(72)73)127-49-17(58-139(85,86)87)22(63)29(13(120-49)9-116-143(97,98)99)123-53-37(135-147(109,110)111)26(67)33(41(131-53)45(74)75)126-48-16(57-138(82,83)84)21(62)28(12(119-48)8-115-142(94,95)96)121-51-35(133-145(103,104)105)24(65)31(39(129-51)43(70)71)124-46-14(55-136(76,77)78)19(60)18(59)10(117-46)6-113-140(88,89)90/h10-41,46-53,55-67H,1-9,54H2,(H,68,69)(H,70,71)(H,72,73)(H,74,75)(H,76,77,78)(H,79,80,81)(H,82,83,84)(H,85,86,87)(H,88,89,90)(H,91,92,93)(H,94,95,96)(H,97,98,99)(H,100,101,102)(H,103,104,105)(H,106,107,108)(H,109,110,111)/t10-,11-,12-,13-,14-,15-,16-,17-,18-,19-,20-,21-,22-,23+,24+,25+,26+,27-,28-,29-,30+,31+,32+,33+,34-,35-,36-,37-,38+,39-,40-,41+,46-,47-,48-,49-,50-,51-,52-,53-/m1/s1. The van der Waals surface area contributed by atoms with Crippen molar-refractivity contribution in [2.75, 3.05) is 39.6 Å². The van der Waals surface area contributed by atoms with E-state index in [0.29, 0.717) is 6.42 Å². The highest BCUT2D eigenvalue weighted by molar-refractivity contribution is 7.85. The third-order valence-electron chi connectivity index (χ3n) is 20.5. The number of aliphatic hydroxyl groups is 9. The molecule has 860 valence electrons. The number of aliphatic hydroxyl groups excluding tert-OH is 9. The Labute approximate surface area is 823 Å². The molecule has 82 nitrogen and oxygen atoms in total. The summed E-state index contributed by atoms with van der Waals surface area (Å²) in [6.45, 7) is -8.33. The summed E-state index contributed by atoms with van der Waals surface area (Å²) in [7, 11) is -73.3. The number of carbonyl (C=O) groups is 4. The van der Waals surface area contributed by atoms with E-state index >= 15 is 0 Å². The topological polar surface area (TPSA) is 1280 Å². The van der Waals surface area contributed by atoms with E-state index in [1.807, 2.05) is 0 Å². The lowest BCUT2D eigenvalue weighted by Gasteiger charge is -2.51. The summed E-state index contributed by atoms with van der Waals surface area (Å²) in [5.41, 5.74) is 5.45. The van der Waals surface area contributed by atoms with Crippen molar-refractivity contribution in [3.05, 3.63) is 0 Å². The van der Waals surface area contributed by atoms with Gasteiger partial charge in [-0.1, -0.05) is 0 Å². The molecule has 0 aromatic rings. The van der Waals surface area contributed by atoms with Crippen molar-refractivity contribution >= 4 is 148 Å². The van der Waals surface area contributed by atoms with Crippen LogP contribution in [0.3, 0.4) is 0 Å². The third-order valence-corrected chi connectivity index (χ3v) is 26.4. The van der Waals surface area contributed by atoms with Crippen LogP contribution in [-0.4, -0.2) is 531 Å². The largest absolute Gasteiger partial charge is 0.479 e. The van der Waals surface area contributed by atoms with Crippen molar-refractivity contribution in [3.63, 3.8) is 0 Å². The number of hydrogen-bond acceptors (Lipinski definition) is 62. The van der Waals surface area contributed by atoms with Gasteiger partial charge in [-0.3, -0.25) is 54.6 Å². The second kappa shape index (κ2) is 49.8. The molecule has 8 rings (SSSR count). The molecule has 0 saturated carbocycles. The van der Waals surface area contributed by atoms with Crippen LogP contribution >= 0.6 is 0 Å². The minimum absolute atomic E-state index is 0.0144. The Morgan fingerprint density at radius 3 is 0.667 bits per heavy atom. The minimum Gasteiger partial charge on any atom is -0.479 e. The SMILES string of the molecule is NCCCCCO[C@@H]1O[C@H](C(=O)O)[C@@H](O[C@H]2O[C@H](COS(=O)(=O)O)[C@@H](O[C@@H]3O[C@@H](C(=O)O)[C@@H](O[C@H]4O[C@H](COS(=O)(=O)O)[C@@H](O[C@@H]5O[C@H](C(=O)O)[C@@H](O[C@H]6O[C@H](COS(=O)(=O)O)[C@@H](O[C@@H]7O[C@@H](C(=O)O)[C@@H](O[C@H]8O[C@H](COS(=O)(=O)O)[C@@H](O)[C@H](O)[C@H]8NS(=O)(=O)O)[C@H](O)[C@H]7OS(=O)(=O)O)[C@H](O)[C@H]6NS(=O)(=O)O)[C@H](O)[C@H]5OS(=O)(=O)O)[C@H](O)[C@H]4NS(=O)(=O)O)[C@H](O)[C@H]3OS(=O)(=O)O)[C@H](O)[C@H]2NS(=O)(=O)O)[C@H](O)[C@H]1OS(=O)(=O)O. The molecule has 0 bridgehead atoms. The molecule has 0 amide bonds. The van der Waals surface area contributed by atoms with E-state index in [1.54, 1.807) is 0 Å². The number of nitrogens with one attached hydrogen (secondary N) is 4. The molecular weight excluding hydrogens is 2320 g/mol. The number of hydrogen-bond donors (Lipinski definition) is 30. The lowest BCUT2D eigenvalue weighted by Crippen LogP contribution is -2.71. The molecule has 0 aromatic heterocycles. The van der Waals surface area contributed by atoms with Crippen LogP contribution in [0, 0.1) is 0 Å². The zero-order chi connectivity index (χ0) is 112. The van der Waals surface area contributed by atoms with Gasteiger partial charge in [-0.15, -0.1) is 0 Å². The predicted octanol–water partition coefficient (Wildman–Crippen LogP) is -20.7. The molecule has 0 spiro atoms. The molecule has 8 aliphatic heterocycles. The summed E-state index contributed by atoms with van der Waals surface area (Å²) in [5, 5.41) is 148. The van der Waals surface area contributed by atoms with Crippen molar-refractivity contribution in [2.45, 2.75) is 265 Å². The highest BCUT2D eigenvalue weighted by Gasteiger charge is 2.65. The molecule has 0 radical (unpaired) electrons. The molecule has 8 fully saturated rings. The number of unbranched alkanes of at least 4 members (excludes halogenated alkanes) is 2. The molecule has 0 unspecified atom stereocenters. The summed E-state index contributed by atoms with van der Waals surface area (Å²) < 4.78 is 541. The first-order chi connectivity index (χ1) is 66.8. The molecule has 8 heterocycles. The molecule has 0 aliphatic carbocycles. The van der Waals surface area contributed by atoms with E-state index in [4.69, 9.17) is 86.1 Å². The van der Waals surface area contributed by atoms with Crippen molar-refractivity contribution in [1.82, 2.24) is 18.9 Å². The van der Waals surface area contributed by atoms with Crippen LogP contribution < -0.4 is 24.6 Å². The van der Waals surface area contributed by atoms with Gasteiger partial charge in [0.25, 0.3) is 0 Å². The Kier molecular flexibility index (Phi) is 43.2. The normalized spacial score (nSPS) is 38.4. The molecule has 0 aromatic carbocycles. The predicted molar refractivity (Wildman–Crippen MR) is 426 cm³/mol. The minimum atomic E-state index is -6.54. The van der Waals surface area contributed by atoms with Gasteiger partial charge in [-0.2, -0.15) is 120 Å². The fourth-order valence-corrected chi connectivity index (χ4v) is 20.4. The van der Waals surface area contributed by atoms with Gasteiger partial charge >= 0.3 is 148 Å². The van der Waals surface area contributed by atoms with Gasteiger partial charge in [-0.25, -0.2) is 52.6 Å². The van der Waals surface area contributed by atoms with Crippen molar-refractivity contribution < 1.29 is 350 Å². The van der Waals surface area contributed by atoms with Crippen molar-refractivity contribution in [1.29, 1.82) is 0 Å². The Hall–Kier alpha value is -4.72. The molecule has 31 N–H and O–H groups in total. The lowest BCUT2D eigenvalue weighted by atomic mass is 9.94. The first kappa shape index (κ1) is 127. The molecule has 8 aliphatic rings. The molecule has 8 saturated heterocycles. The van der Waals surface area contributed by atoms with Crippen LogP contribution in [0.5, 0.6) is 0 Å². The van der Waals surface area contributed by atoms with Gasteiger partial charge in [0.15, 0.2) is 99.2 Å². The third kappa shape index (κ3) is 37.5. The monoisotopic (exact) mass is 2410 g/mol. The van der Waals surface area contributed by atoms with Crippen LogP contribution in [-0.2, 0) is 253 Å². The summed E-state index contributed by atoms with van der Waals surface area (Å²) in [4.78, 5) is 52.8. The number of rotatable bonds is 52. The van der Waals surface area contributed by atoms with Crippen LogP contribution in [0.1, 0.15) is 19.3 Å². The van der Waals surface area contributed by atoms with Crippen LogP contribution in [0.2, 0.25) is 0 Å². The van der Waals surface area contributed by atoms with Crippen molar-refractivity contribution in [3.8, 4) is 0 Å². The number of aliphatic carboxylic acids is 4. The summed E-state index contributed by atoms with van der Waals surface area (Å²) >= 11 is 0. The zero-order valence-electron chi connectivity index (χ0n) is 71.3. The van der Waals surface area contributed by atoms with E-state index in [9.17, 15) is 237 Å². The van der Waals surface area contributed by atoms with Gasteiger partial charge in [0.2, 0.25) is 0 Å². The van der Waals surface area contributed by atoms with E-state index in [-0.39, 0.29) is 19.4 Å². The Bertz CT molecular complexity index is 6020. The van der Waals surface area contributed by atoms with Crippen LogP contribution in [0.15, 0.2) is 0 Å². The highest BCUT2D eigenvalue weighted by atomic mass is 32.3. The molecule has 40 atom stereocenters. The number of carboxylic acid groups (broad SMARTS) is 4. The Balaban J connectivity index is 1.15. The highest BCUT2D eigenvalue weighted by Crippen LogP contribution is 2.43. The molecule has 94 heteroatoms. The maximum Gasteiger partial charge on any atom is 0.397 e. The molecular formula is C53H89N5O77S12. The maximum atomic E-state index is 13.5. The fourth-order valence-electron chi connectivity index (χ4n) is 14.9. The average Bonchev–Trinajstić information content (AvgIpc) is 0.747. The quantitative estimate of drug-likeness (QED) is 0.0199. The smallest absolute Gasteiger partial charge is 0.397 e. The van der Waals surface area contributed by atoms with Gasteiger partial charge in [0.1, 0.15) is 146 Å². The van der Waals surface area contributed by atoms with Crippen molar-refractivity contribution in [2.24, 2.45) is 5.73 Å². The fraction of sp³-hybridized carbons (Fsp3) is 0.925. The second-order valence-electron chi connectivity index (χ2n) is 30.8. The second-order valence-corrected chi connectivity index (χ2v) is 44.1. The van der Waals surface area contributed by atoms with Gasteiger partial charge in [-0.05, 0) is 25.8 Å². The number of ether oxygens (including phenoxy) is 16. The van der Waals surface area contributed by atoms with Crippen LogP contribution in [0.25, 0.3) is 0 Å². The van der Waals surface area contributed by atoms with Gasteiger partial charge in [0, 0.05) is 6.61 Å². The van der Waals surface area contributed by atoms with E-state index in [0.717, 1.165) is 9.44 Å². The first-order valence-corrected chi connectivity index (χ1v) is 55.8. The lowest BCUT2D eigenvalue weighted by molar-refractivity contribution is -0.379. The first-order valence-electron chi connectivity index (χ1n) is 39.1. The van der Waals surface area contributed by atoms with Gasteiger partial charge < -0.3 is 148 Å². The molecule has 147 heavy (non-hydrogen) atoms. The number of carboxylic acids is 4. The maximum absolute atomic E-state index is 13.5. The Morgan fingerprint density at radius 2 is 0.449 bits per heavy atom. The van der Waals surface area contributed by atoms with E-state index in [2.05, 4.69) is 33.5 Å². The summed E-state index contributed by atoms with van der Waals surface area (Å²) in [5.74, 6) is -10.3. The zero-order valence-corrected chi connectivity index (χ0v) is 81.1. The summed E-state index contributed by atoms with van der Waals surface area (Å²) in [6, 6.07) is -12.5. The van der Waals surface area contributed by atoms with E-state index in [1.165, 1.54) is 9.44 Å². The summed E-state index contributed by atoms with van der Waals surface area (Å²) in [6.07, 6.45) is -114.